The van der Waals surface area contributed by atoms with E-state index in [4.69, 9.17) is 9.47 Å². The first-order valence-corrected chi connectivity index (χ1v) is 9.90. The van der Waals surface area contributed by atoms with Gasteiger partial charge in [0.15, 0.2) is 0 Å². The molecule has 2 aliphatic carbocycles. The number of carbonyl (C=O) groups is 1. The zero-order valence-corrected chi connectivity index (χ0v) is 15.7. The molecule has 2 aromatic rings. The molecule has 1 atom stereocenters. The van der Waals surface area contributed by atoms with E-state index in [0.717, 1.165) is 55.6 Å². The molecular formula is C24H24O3. The van der Waals surface area contributed by atoms with Crippen molar-refractivity contribution in [2.45, 2.75) is 44.4 Å². The van der Waals surface area contributed by atoms with Gasteiger partial charge in [0.1, 0.15) is 11.5 Å². The zero-order chi connectivity index (χ0) is 18.4. The molecule has 0 bridgehead atoms. The number of aryl methyl sites for hydroxylation is 1. The number of benzene rings is 2. The second kappa shape index (κ2) is 6.26. The maximum Gasteiger partial charge on any atom is 0.318 e. The van der Waals surface area contributed by atoms with E-state index in [1.807, 2.05) is 18.2 Å². The van der Waals surface area contributed by atoms with E-state index in [0.29, 0.717) is 0 Å². The van der Waals surface area contributed by atoms with Crippen LogP contribution in [0.1, 0.15) is 54.7 Å². The summed E-state index contributed by atoms with van der Waals surface area (Å²) < 4.78 is 11.4. The molecule has 0 saturated heterocycles. The van der Waals surface area contributed by atoms with Crippen molar-refractivity contribution >= 4 is 11.7 Å². The molecule has 0 radical (unpaired) electrons. The van der Waals surface area contributed by atoms with Crippen molar-refractivity contribution in [3.8, 4) is 5.75 Å². The van der Waals surface area contributed by atoms with Gasteiger partial charge in [0.25, 0.3) is 0 Å². The van der Waals surface area contributed by atoms with E-state index in [2.05, 4.69) is 30.3 Å². The van der Waals surface area contributed by atoms with Crippen LogP contribution >= 0.6 is 0 Å². The normalized spacial score (nSPS) is 23.0. The predicted molar refractivity (Wildman–Crippen MR) is 104 cm³/mol. The Balaban J connectivity index is 1.70. The van der Waals surface area contributed by atoms with E-state index in [-0.39, 0.29) is 11.9 Å². The minimum Gasteiger partial charge on any atom is -0.497 e. The molecular weight excluding hydrogens is 336 g/mol. The van der Waals surface area contributed by atoms with Crippen LogP contribution in [-0.4, -0.2) is 13.1 Å². The standard InChI is InChI=1S/C24H24O3/c1-26-18-11-8-17(9-12-18)21-20-13-10-16-6-2-3-7-19(16)22(20)27-23(25)24(21)14-4-5-15-24/h2-3,6-9,11-12,21H,4-5,10,13-15H2,1H3. The molecule has 138 valence electrons. The van der Waals surface area contributed by atoms with Crippen LogP contribution in [0.2, 0.25) is 0 Å². The molecule has 1 unspecified atom stereocenters. The number of hydrogen-bond donors (Lipinski definition) is 0. The Hall–Kier alpha value is -2.55. The van der Waals surface area contributed by atoms with Crippen LogP contribution in [0.3, 0.4) is 0 Å². The first kappa shape index (κ1) is 16.6. The van der Waals surface area contributed by atoms with Gasteiger partial charge >= 0.3 is 5.97 Å². The summed E-state index contributed by atoms with van der Waals surface area (Å²) in [6.45, 7) is 0. The van der Waals surface area contributed by atoms with Gasteiger partial charge in [0, 0.05) is 11.5 Å². The Labute approximate surface area is 160 Å². The number of methoxy groups -OCH3 is 1. The molecule has 0 aromatic heterocycles. The lowest BCUT2D eigenvalue weighted by atomic mass is 9.63. The molecule has 1 fully saturated rings. The van der Waals surface area contributed by atoms with Crippen molar-refractivity contribution < 1.29 is 14.3 Å². The summed E-state index contributed by atoms with van der Waals surface area (Å²) in [6.07, 6.45) is 6.00. The third-order valence-corrected chi connectivity index (χ3v) is 6.66. The van der Waals surface area contributed by atoms with Crippen LogP contribution in [0.4, 0.5) is 0 Å². The molecule has 0 amide bonds. The molecule has 3 nitrogen and oxygen atoms in total. The van der Waals surface area contributed by atoms with E-state index < -0.39 is 5.41 Å². The van der Waals surface area contributed by atoms with E-state index in [9.17, 15) is 4.79 Å². The molecule has 3 heteroatoms. The largest absolute Gasteiger partial charge is 0.497 e. The summed E-state index contributed by atoms with van der Waals surface area (Å²) in [5, 5.41) is 0. The van der Waals surface area contributed by atoms with Gasteiger partial charge in [0.2, 0.25) is 0 Å². The second-order valence-electron chi connectivity index (χ2n) is 7.97. The first-order chi connectivity index (χ1) is 13.2. The predicted octanol–water partition coefficient (Wildman–Crippen LogP) is 5.25. The number of allylic oxidation sites excluding steroid dienone is 1. The van der Waals surface area contributed by atoms with E-state index >= 15 is 0 Å². The highest BCUT2D eigenvalue weighted by Gasteiger charge is 2.55. The number of fused-ring (bicyclic) bond motifs is 2. The maximum absolute atomic E-state index is 13.3. The Morgan fingerprint density at radius 3 is 2.48 bits per heavy atom. The van der Waals surface area contributed by atoms with Crippen molar-refractivity contribution in [1.82, 2.24) is 0 Å². The van der Waals surface area contributed by atoms with E-state index in [1.165, 1.54) is 16.7 Å². The summed E-state index contributed by atoms with van der Waals surface area (Å²) in [4.78, 5) is 13.3. The fourth-order valence-corrected chi connectivity index (χ4v) is 5.37. The minimum absolute atomic E-state index is 0.0312. The fraction of sp³-hybridized carbons (Fsp3) is 0.375. The van der Waals surface area contributed by atoms with Crippen LogP contribution in [0.15, 0.2) is 54.1 Å². The topological polar surface area (TPSA) is 35.5 Å². The number of ether oxygens (including phenoxy) is 2. The SMILES string of the molecule is COc1ccc(C2C3=C(OC(=O)C24CCCC4)c2ccccc2CC3)cc1. The van der Waals surface area contributed by atoms with Gasteiger partial charge in [-0.15, -0.1) is 0 Å². The lowest BCUT2D eigenvalue weighted by Crippen LogP contribution is -2.41. The summed E-state index contributed by atoms with van der Waals surface area (Å²) in [6, 6.07) is 16.6. The molecule has 1 heterocycles. The quantitative estimate of drug-likeness (QED) is 0.686. The molecule has 1 aliphatic heterocycles. The maximum atomic E-state index is 13.3. The lowest BCUT2D eigenvalue weighted by Gasteiger charge is -2.43. The summed E-state index contributed by atoms with van der Waals surface area (Å²) >= 11 is 0. The third kappa shape index (κ3) is 2.44. The molecule has 2 aromatic carbocycles. The fourth-order valence-electron chi connectivity index (χ4n) is 5.37. The van der Waals surface area contributed by atoms with Crippen LogP contribution in [0.25, 0.3) is 5.76 Å². The van der Waals surface area contributed by atoms with Crippen molar-refractivity contribution in [2.24, 2.45) is 5.41 Å². The van der Waals surface area contributed by atoms with Crippen molar-refractivity contribution in [3.05, 3.63) is 70.8 Å². The highest BCUT2D eigenvalue weighted by Crippen LogP contribution is 2.59. The smallest absolute Gasteiger partial charge is 0.318 e. The molecule has 1 saturated carbocycles. The van der Waals surface area contributed by atoms with Crippen LogP contribution in [-0.2, 0) is 16.0 Å². The Morgan fingerprint density at radius 2 is 1.74 bits per heavy atom. The van der Waals surface area contributed by atoms with Gasteiger partial charge in [-0.2, -0.15) is 0 Å². The molecule has 5 rings (SSSR count). The second-order valence-corrected chi connectivity index (χ2v) is 7.97. The van der Waals surface area contributed by atoms with E-state index in [1.54, 1.807) is 7.11 Å². The Kier molecular flexibility index (Phi) is 3.85. The van der Waals surface area contributed by atoms with Gasteiger partial charge < -0.3 is 9.47 Å². The Morgan fingerprint density at radius 1 is 1.00 bits per heavy atom. The number of hydrogen-bond acceptors (Lipinski definition) is 3. The molecule has 0 N–H and O–H groups in total. The van der Waals surface area contributed by atoms with Gasteiger partial charge in [-0.1, -0.05) is 49.2 Å². The van der Waals surface area contributed by atoms with Gasteiger partial charge in [-0.3, -0.25) is 4.79 Å². The molecule has 27 heavy (non-hydrogen) atoms. The highest BCUT2D eigenvalue weighted by atomic mass is 16.5. The minimum atomic E-state index is -0.403. The van der Waals surface area contributed by atoms with Crippen LogP contribution < -0.4 is 4.74 Å². The highest BCUT2D eigenvalue weighted by molar-refractivity contribution is 5.90. The summed E-state index contributed by atoms with van der Waals surface area (Å²) in [7, 11) is 1.68. The third-order valence-electron chi connectivity index (χ3n) is 6.66. The van der Waals surface area contributed by atoms with Crippen molar-refractivity contribution in [2.75, 3.05) is 7.11 Å². The van der Waals surface area contributed by atoms with Gasteiger partial charge in [-0.25, -0.2) is 0 Å². The number of esters is 1. The molecule has 1 spiro atoms. The van der Waals surface area contributed by atoms with Crippen molar-refractivity contribution in [3.63, 3.8) is 0 Å². The number of rotatable bonds is 2. The monoisotopic (exact) mass is 360 g/mol. The van der Waals surface area contributed by atoms with Crippen LogP contribution in [0, 0.1) is 5.41 Å². The average Bonchev–Trinajstić information content (AvgIpc) is 3.20. The number of carbonyl (C=O) groups excluding carboxylic acids is 1. The molecule has 3 aliphatic rings. The zero-order valence-electron chi connectivity index (χ0n) is 15.7. The van der Waals surface area contributed by atoms with Crippen molar-refractivity contribution in [1.29, 1.82) is 0 Å². The van der Waals surface area contributed by atoms with Crippen LogP contribution in [0.5, 0.6) is 5.75 Å². The summed E-state index contributed by atoms with van der Waals surface area (Å²) in [5.74, 6) is 1.74. The average molecular weight is 360 g/mol. The van der Waals surface area contributed by atoms with Gasteiger partial charge in [-0.05, 0) is 54.5 Å². The van der Waals surface area contributed by atoms with Gasteiger partial charge in [0.05, 0.1) is 12.5 Å². The summed E-state index contributed by atoms with van der Waals surface area (Å²) in [5.41, 5.74) is 4.49. The first-order valence-electron chi connectivity index (χ1n) is 9.90. The lowest BCUT2D eigenvalue weighted by molar-refractivity contribution is -0.151. The Bertz CT molecular complexity index is 917.